The summed E-state index contributed by atoms with van der Waals surface area (Å²) in [4.78, 5) is 38.1. The van der Waals surface area contributed by atoms with Crippen molar-refractivity contribution < 1.29 is 28.6 Å². The SMILES string of the molecule is CC\C=C/C=C\C=C/C=C\C=C\C=C/CCCCCC(=O)OC(COC(=O)CCCCC/C=C\C/C=C\C/C=C\C/C=C\C/C=C\CC)COC(=O)CCCCCCCCCCCCCCC. The molecular weight excluding hydrogens is 829 g/mol. The lowest BCUT2D eigenvalue weighted by molar-refractivity contribution is -0.167. The van der Waals surface area contributed by atoms with Crippen LogP contribution >= 0.6 is 0 Å². The maximum Gasteiger partial charge on any atom is 0.306 e. The first-order valence-corrected chi connectivity index (χ1v) is 26.8. The van der Waals surface area contributed by atoms with Crippen LogP contribution in [0.2, 0.25) is 0 Å². The molecule has 6 heteroatoms. The van der Waals surface area contributed by atoms with Gasteiger partial charge in [0.25, 0.3) is 0 Å². The van der Waals surface area contributed by atoms with E-state index in [0.717, 1.165) is 103 Å². The molecule has 0 radical (unpaired) electrons. The number of unbranched alkanes of at least 4 members (excludes halogenated alkanes) is 18. The quantitative estimate of drug-likeness (QED) is 0.0199. The van der Waals surface area contributed by atoms with E-state index in [0.29, 0.717) is 19.3 Å². The molecule has 0 N–H and O–H groups in total. The summed E-state index contributed by atoms with van der Waals surface area (Å²) in [5.41, 5.74) is 0. The third kappa shape index (κ3) is 52.4. The zero-order chi connectivity index (χ0) is 48.6. The van der Waals surface area contributed by atoms with Crippen molar-refractivity contribution in [3.8, 4) is 0 Å². The Balaban J connectivity index is 4.56. The highest BCUT2D eigenvalue weighted by Crippen LogP contribution is 2.14. The molecule has 0 bridgehead atoms. The van der Waals surface area contributed by atoms with Crippen molar-refractivity contribution >= 4 is 17.9 Å². The third-order valence-electron chi connectivity index (χ3n) is 10.8. The lowest BCUT2D eigenvalue weighted by Crippen LogP contribution is -2.30. The van der Waals surface area contributed by atoms with Crippen LogP contribution in [0.4, 0.5) is 0 Å². The predicted octanol–water partition coefficient (Wildman–Crippen LogP) is 17.9. The van der Waals surface area contributed by atoms with Crippen LogP contribution in [0, 0.1) is 0 Å². The average Bonchev–Trinajstić information content (AvgIpc) is 3.33. The molecule has 0 rings (SSSR count). The van der Waals surface area contributed by atoms with Gasteiger partial charge in [-0.3, -0.25) is 14.4 Å². The van der Waals surface area contributed by atoms with Crippen molar-refractivity contribution in [2.75, 3.05) is 13.2 Å². The van der Waals surface area contributed by atoms with E-state index in [9.17, 15) is 14.4 Å². The second kappa shape index (κ2) is 54.2. The van der Waals surface area contributed by atoms with Crippen LogP contribution in [-0.4, -0.2) is 37.2 Å². The monoisotopic (exact) mass is 925 g/mol. The Morgan fingerprint density at radius 2 is 0.657 bits per heavy atom. The second-order valence-electron chi connectivity index (χ2n) is 17.2. The Hall–Kier alpha value is -4.45. The van der Waals surface area contributed by atoms with Gasteiger partial charge in [-0.15, -0.1) is 0 Å². The van der Waals surface area contributed by atoms with E-state index in [-0.39, 0.29) is 37.5 Å². The number of hydrogen-bond acceptors (Lipinski definition) is 6. The van der Waals surface area contributed by atoms with Gasteiger partial charge in [-0.05, 0) is 83.5 Å². The number of allylic oxidation sites excluding steroid dienone is 22. The molecule has 0 aromatic carbocycles. The molecular formula is C61H96O6. The van der Waals surface area contributed by atoms with E-state index in [2.05, 4.69) is 93.7 Å². The Morgan fingerprint density at radius 3 is 1.09 bits per heavy atom. The summed E-state index contributed by atoms with van der Waals surface area (Å²) in [5.74, 6) is -0.994. The van der Waals surface area contributed by atoms with Crippen LogP contribution in [-0.2, 0) is 28.6 Å². The van der Waals surface area contributed by atoms with Crippen LogP contribution < -0.4 is 0 Å². The van der Waals surface area contributed by atoms with Crippen molar-refractivity contribution in [3.05, 3.63) is 134 Å². The second-order valence-corrected chi connectivity index (χ2v) is 17.2. The molecule has 0 amide bonds. The summed E-state index contributed by atoms with van der Waals surface area (Å²) >= 11 is 0. The first-order chi connectivity index (χ1) is 33.0. The summed E-state index contributed by atoms with van der Waals surface area (Å²) < 4.78 is 16.8. The molecule has 6 nitrogen and oxygen atoms in total. The van der Waals surface area contributed by atoms with Gasteiger partial charge in [0.05, 0.1) is 0 Å². The molecule has 0 spiro atoms. The van der Waals surface area contributed by atoms with Gasteiger partial charge >= 0.3 is 17.9 Å². The standard InChI is InChI=1S/C61H96O6/c1-4-7-10-13-16-19-22-25-27-29-30-32-33-36-39-42-45-48-51-54-60(63)66-57-58(56-65-59(62)53-50-47-44-41-38-35-24-21-18-15-12-9-6-3)67-61(64)55-52-49-46-43-40-37-34-31-28-26-23-20-17-14-11-8-5-2/h7-8,10-11,14,16-17,19-20,23,25-28,30-32,34,36-37,39-40,58H,4-6,9,12-13,15,18,21-22,24,29,33,35,38,41-57H2,1-3H3/b10-7-,11-8-,17-14-,19-16-,23-20-,27-25-,28-26-,32-30-,34-31+,39-36-,40-37-. The van der Waals surface area contributed by atoms with Gasteiger partial charge in [0, 0.05) is 19.3 Å². The minimum atomic E-state index is -0.818. The molecule has 0 aliphatic heterocycles. The zero-order valence-electron chi connectivity index (χ0n) is 42.9. The first-order valence-electron chi connectivity index (χ1n) is 26.8. The number of carbonyl (C=O) groups is 3. The molecule has 0 aliphatic rings. The molecule has 0 aromatic heterocycles. The highest BCUT2D eigenvalue weighted by molar-refractivity contribution is 5.71. The van der Waals surface area contributed by atoms with Gasteiger partial charge in [-0.2, -0.15) is 0 Å². The number of ether oxygens (including phenoxy) is 3. The lowest BCUT2D eigenvalue weighted by Gasteiger charge is -2.18. The molecule has 0 aromatic rings. The molecule has 0 aliphatic carbocycles. The van der Waals surface area contributed by atoms with Crippen molar-refractivity contribution in [1.82, 2.24) is 0 Å². The molecule has 0 saturated carbocycles. The van der Waals surface area contributed by atoms with Crippen LogP contribution in [0.25, 0.3) is 0 Å². The van der Waals surface area contributed by atoms with Gasteiger partial charge in [0.1, 0.15) is 13.2 Å². The van der Waals surface area contributed by atoms with Crippen LogP contribution in [0.3, 0.4) is 0 Å². The fourth-order valence-corrected chi connectivity index (χ4v) is 6.85. The first kappa shape index (κ1) is 62.5. The largest absolute Gasteiger partial charge is 0.462 e. The smallest absolute Gasteiger partial charge is 0.306 e. The summed E-state index contributed by atoms with van der Waals surface area (Å²) in [5, 5.41) is 0. The summed E-state index contributed by atoms with van der Waals surface area (Å²) in [6.07, 6.45) is 75.7. The Morgan fingerprint density at radius 1 is 0.328 bits per heavy atom. The minimum absolute atomic E-state index is 0.110. The van der Waals surface area contributed by atoms with E-state index < -0.39 is 6.10 Å². The third-order valence-corrected chi connectivity index (χ3v) is 10.8. The van der Waals surface area contributed by atoms with Crippen LogP contribution in [0.5, 0.6) is 0 Å². The molecule has 1 atom stereocenters. The average molecular weight is 925 g/mol. The fourth-order valence-electron chi connectivity index (χ4n) is 6.85. The zero-order valence-corrected chi connectivity index (χ0v) is 42.9. The summed E-state index contributed by atoms with van der Waals surface area (Å²) in [6.45, 7) is 6.30. The van der Waals surface area contributed by atoms with E-state index in [4.69, 9.17) is 14.2 Å². The molecule has 1 unspecified atom stereocenters. The molecule has 376 valence electrons. The Bertz CT molecular complexity index is 1480. The van der Waals surface area contributed by atoms with Crippen LogP contribution in [0.1, 0.15) is 213 Å². The molecule has 67 heavy (non-hydrogen) atoms. The van der Waals surface area contributed by atoms with Crippen LogP contribution in [0.15, 0.2) is 134 Å². The Labute approximate surface area is 411 Å². The van der Waals surface area contributed by atoms with E-state index >= 15 is 0 Å². The van der Waals surface area contributed by atoms with E-state index in [1.54, 1.807) is 0 Å². The van der Waals surface area contributed by atoms with Crippen molar-refractivity contribution in [2.45, 2.75) is 219 Å². The summed E-state index contributed by atoms with van der Waals surface area (Å²) in [6, 6.07) is 0. The van der Waals surface area contributed by atoms with E-state index in [1.165, 1.54) is 64.2 Å². The van der Waals surface area contributed by atoms with Gasteiger partial charge in [0.15, 0.2) is 6.10 Å². The van der Waals surface area contributed by atoms with Gasteiger partial charge in [-0.25, -0.2) is 0 Å². The maximum atomic E-state index is 12.8. The highest BCUT2D eigenvalue weighted by Gasteiger charge is 2.19. The minimum Gasteiger partial charge on any atom is -0.462 e. The van der Waals surface area contributed by atoms with Crippen molar-refractivity contribution in [1.29, 1.82) is 0 Å². The van der Waals surface area contributed by atoms with Gasteiger partial charge in [0.2, 0.25) is 0 Å². The van der Waals surface area contributed by atoms with Gasteiger partial charge in [-0.1, -0.05) is 244 Å². The molecule has 0 fully saturated rings. The maximum absolute atomic E-state index is 12.8. The van der Waals surface area contributed by atoms with E-state index in [1.807, 2.05) is 60.8 Å². The lowest BCUT2D eigenvalue weighted by atomic mass is 10.0. The van der Waals surface area contributed by atoms with Crippen molar-refractivity contribution in [3.63, 3.8) is 0 Å². The normalized spacial score (nSPS) is 13.2. The molecule has 0 saturated heterocycles. The Kier molecular flexibility index (Phi) is 50.6. The summed E-state index contributed by atoms with van der Waals surface area (Å²) in [7, 11) is 0. The predicted molar refractivity (Wildman–Crippen MR) is 288 cm³/mol. The number of esters is 3. The van der Waals surface area contributed by atoms with Gasteiger partial charge < -0.3 is 14.2 Å². The number of carbonyl (C=O) groups excluding carboxylic acids is 3. The highest BCUT2D eigenvalue weighted by atomic mass is 16.6. The number of hydrogen-bond donors (Lipinski definition) is 0. The molecule has 0 heterocycles. The topological polar surface area (TPSA) is 78.9 Å². The fraction of sp³-hybridized carbons (Fsp3) is 0.590. The van der Waals surface area contributed by atoms with Crippen molar-refractivity contribution in [2.24, 2.45) is 0 Å². The number of rotatable bonds is 46.